The Bertz CT molecular complexity index is 640. The van der Waals surface area contributed by atoms with Gasteiger partial charge in [0, 0.05) is 34.8 Å². The van der Waals surface area contributed by atoms with E-state index in [2.05, 4.69) is 85.5 Å². The van der Waals surface area contributed by atoms with Crippen molar-refractivity contribution in [2.24, 2.45) is 0 Å². The van der Waals surface area contributed by atoms with Crippen molar-refractivity contribution in [2.75, 3.05) is 18.5 Å². The Kier molecular flexibility index (Phi) is 4.15. The molecule has 0 N–H and O–H groups in total. The number of anilines is 2. The second-order valence-corrected chi connectivity index (χ2v) is 6.73. The zero-order chi connectivity index (χ0) is 14.1. The van der Waals surface area contributed by atoms with Crippen LogP contribution in [-0.2, 0) is 13.0 Å². The molecule has 3 rings (SSSR count). The van der Waals surface area contributed by atoms with E-state index in [1.54, 1.807) is 0 Å². The van der Waals surface area contributed by atoms with Gasteiger partial charge in [-0.05, 0) is 63.8 Å². The maximum absolute atomic E-state index is 4.49. The second-order valence-electron chi connectivity index (χ2n) is 4.96. The highest BCUT2D eigenvalue weighted by atomic mass is 79.9. The lowest BCUT2D eigenvalue weighted by molar-refractivity contribution is 0.630. The molecule has 4 heteroatoms. The van der Waals surface area contributed by atoms with Gasteiger partial charge in [0.2, 0.25) is 0 Å². The SMILES string of the molecule is CN(c1ccc2c(c1)C[N]CC2)c1ccc(Br)cc1Br. The second kappa shape index (κ2) is 5.88. The summed E-state index contributed by atoms with van der Waals surface area (Å²) in [7, 11) is 2.09. The number of nitrogens with zero attached hydrogens (tertiary/aromatic N) is 2. The Labute approximate surface area is 136 Å². The molecule has 2 aromatic carbocycles. The van der Waals surface area contributed by atoms with Crippen molar-refractivity contribution in [1.82, 2.24) is 5.32 Å². The van der Waals surface area contributed by atoms with Gasteiger partial charge in [0.1, 0.15) is 0 Å². The van der Waals surface area contributed by atoms with Gasteiger partial charge >= 0.3 is 0 Å². The van der Waals surface area contributed by atoms with E-state index < -0.39 is 0 Å². The van der Waals surface area contributed by atoms with Gasteiger partial charge in [-0.1, -0.05) is 22.0 Å². The zero-order valence-electron chi connectivity index (χ0n) is 11.2. The standard InChI is InChI=1S/C16H15Br2N2/c1-20(16-5-3-13(17)9-15(16)18)14-4-2-11-6-7-19-10-12(11)8-14/h2-5,8-9H,6-7,10H2,1H3. The summed E-state index contributed by atoms with van der Waals surface area (Å²) in [6.07, 6.45) is 1.07. The van der Waals surface area contributed by atoms with Crippen LogP contribution in [0.4, 0.5) is 11.4 Å². The number of fused-ring (bicyclic) bond motifs is 1. The summed E-state index contributed by atoms with van der Waals surface area (Å²) in [5.41, 5.74) is 5.14. The summed E-state index contributed by atoms with van der Waals surface area (Å²) in [5.74, 6) is 0. The van der Waals surface area contributed by atoms with Crippen molar-refractivity contribution in [3.8, 4) is 0 Å². The topological polar surface area (TPSA) is 17.3 Å². The van der Waals surface area contributed by atoms with E-state index in [9.17, 15) is 0 Å². The maximum Gasteiger partial charge on any atom is 0.0553 e. The third-order valence-electron chi connectivity index (χ3n) is 3.67. The van der Waals surface area contributed by atoms with Crippen LogP contribution >= 0.6 is 31.9 Å². The van der Waals surface area contributed by atoms with Gasteiger partial charge in [-0.15, -0.1) is 0 Å². The van der Waals surface area contributed by atoms with Gasteiger partial charge in [-0.25, -0.2) is 5.32 Å². The molecular weight excluding hydrogens is 380 g/mol. The molecule has 0 saturated heterocycles. The lowest BCUT2D eigenvalue weighted by atomic mass is 10.00. The van der Waals surface area contributed by atoms with Crippen LogP contribution < -0.4 is 10.2 Å². The van der Waals surface area contributed by atoms with Crippen molar-refractivity contribution >= 4 is 43.2 Å². The van der Waals surface area contributed by atoms with E-state index in [0.717, 1.165) is 34.1 Å². The Morgan fingerprint density at radius 2 is 1.90 bits per heavy atom. The lowest BCUT2D eigenvalue weighted by Gasteiger charge is -2.24. The maximum atomic E-state index is 4.49. The zero-order valence-corrected chi connectivity index (χ0v) is 14.4. The number of rotatable bonds is 2. The smallest absolute Gasteiger partial charge is 0.0553 e. The molecule has 0 bridgehead atoms. The Balaban J connectivity index is 1.95. The average molecular weight is 395 g/mol. The fraction of sp³-hybridized carbons (Fsp3) is 0.250. The summed E-state index contributed by atoms with van der Waals surface area (Å²) in [6.45, 7) is 1.80. The first-order valence-corrected chi connectivity index (χ1v) is 8.17. The van der Waals surface area contributed by atoms with Gasteiger partial charge in [-0.3, -0.25) is 0 Å². The van der Waals surface area contributed by atoms with Crippen LogP contribution in [0.5, 0.6) is 0 Å². The summed E-state index contributed by atoms with van der Waals surface area (Å²) >= 11 is 7.12. The number of benzene rings is 2. The van der Waals surface area contributed by atoms with Crippen molar-refractivity contribution in [1.29, 1.82) is 0 Å². The molecule has 2 aromatic rings. The largest absolute Gasteiger partial charge is 0.344 e. The van der Waals surface area contributed by atoms with E-state index >= 15 is 0 Å². The molecule has 0 aliphatic carbocycles. The molecule has 0 unspecified atom stereocenters. The molecule has 0 atom stereocenters. The van der Waals surface area contributed by atoms with E-state index in [1.165, 1.54) is 16.8 Å². The molecule has 2 nitrogen and oxygen atoms in total. The lowest BCUT2D eigenvalue weighted by Crippen LogP contribution is -2.18. The predicted molar refractivity (Wildman–Crippen MR) is 90.8 cm³/mol. The monoisotopic (exact) mass is 393 g/mol. The third-order valence-corrected chi connectivity index (χ3v) is 4.80. The third kappa shape index (κ3) is 2.78. The van der Waals surface area contributed by atoms with E-state index in [4.69, 9.17) is 0 Å². The van der Waals surface area contributed by atoms with Crippen molar-refractivity contribution < 1.29 is 0 Å². The quantitative estimate of drug-likeness (QED) is 0.725. The summed E-state index contributed by atoms with van der Waals surface area (Å²) in [6, 6.07) is 12.9. The molecule has 0 spiro atoms. The number of halogens is 2. The molecule has 1 radical (unpaired) electrons. The fourth-order valence-electron chi connectivity index (χ4n) is 2.50. The van der Waals surface area contributed by atoms with Gasteiger partial charge in [0.25, 0.3) is 0 Å². The minimum absolute atomic E-state index is 0.846. The van der Waals surface area contributed by atoms with Gasteiger partial charge in [-0.2, -0.15) is 0 Å². The first-order chi connectivity index (χ1) is 9.65. The molecule has 0 amide bonds. The van der Waals surface area contributed by atoms with Crippen molar-refractivity contribution in [2.45, 2.75) is 13.0 Å². The highest BCUT2D eigenvalue weighted by molar-refractivity contribution is 9.11. The molecule has 20 heavy (non-hydrogen) atoms. The molecule has 1 aliphatic heterocycles. The van der Waals surface area contributed by atoms with Crippen LogP contribution in [0.25, 0.3) is 0 Å². The molecule has 1 heterocycles. The van der Waals surface area contributed by atoms with Crippen LogP contribution in [0, 0.1) is 0 Å². The van der Waals surface area contributed by atoms with E-state index in [1.807, 2.05) is 0 Å². The predicted octanol–water partition coefficient (Wildman–Crippen LogP) is 4.64. The minimum Gasteiger partial charge on any atom is -0.344 e. The fourth-order valence-corrected chi connectivity index (χ4v) is 3.82. The average Bonchev–Trinajstić information content (AvgIpc) is 2.46. The molecule has 0 fully saturated rings. The molecule has 103 valence electrons. The molecule has 0 aromatic heterocycles. The first kappa shape index (κ1) is 14.1. The van der Waals surface area contributed by atoms with Crippen LogP contribution in [0.3, 0.4) is 0 Å². The number of hydrogen-bond donors (Lipinski definition) is 0. The van der Waals surface area contributed by atoms with Crippen LogP contribution in [-0.4, -0.2) is 13.6 Å². The van der Waals surface area contributed by atoms with Gasteiger partial charge in [0.15, 0.2) is 0 Å². The number of hydrogen-bond acceptors (Lipinski definition) is 1. The van der Waals surface area contributed by atoms with Crippen LogP contribution in [0.15, 0.2) is 45.3 Å². The molecular formula is C16H15Br2N2. The summed E-state index contributed by atoms with van der Waals surface area (Å²) < 4.78 is 2.16. The Morgan fingerprint density at radius 1 is 1.05 bits per heavy atom. The van der Waals surface area contributed by atoms with Gasteiger partial charge < -0.3 is 4.90 Å². The Morgan fingerprint density at radius 3 is 2.70 bits per heavy atom. The summed E-state index contributed by atoms with van der Waals surface area (Å²) in [5, 5.41) is 4.49. The van der Waals surface area contributed by atoms with Crippen molar-refractivity contribution in [3.05, 3.63) is 56.5 Å². The van der Waals surface area contributed by atoms with E-state index in [-0.39, 0.29) is 0 Å². The first-order valence-electron chi connectivity index (χ1n) is 6.59. The normalized spacial score (nSPS) is 13.9. The van der Waals surface area contributed by atoms with Crippen molar-refractivity contribution in [3.63, 3.8) is 0 Å². The highest BCUT2D eigenvalue weighted by Crippen LogP contribution is 2.34. The molecule has 0 saturated carbocycles. The Hall–Kier alpha value is -0.840. The van der Waals surface area contributed by atoms with E-state index in [0.29, 0.717) is 0 Å². The van der Waals surface area contributed by atoms with Gasteiger partial charge in [0.05, 0.1) is 5.69 Å². The molecule has 1 aliphatic rings. The van der Waals surface area contributed by atoms with Crippen LogP contribution in [0.1, 0.15) is 11.1 Å². The minimum atomic E-state index is 0.846. The highest BCUT2D eigenvalue weighted by Gasteiger charge is 2.13. The summed E-state index contributed by atoms with van der Waals surface area (Å²) in [4.78, 5) is 2.20. The van der Waals surface area contributed by atoms with Crippen LogP contribution in [0.2, 0.25) is 0 Å².